The fourth-order valence-electron chi connectivity index (χ4n) is 1.94. The first-order chi connectivity index (χ1) is 9.55. The molecule has 106 valence electrons. The predicted octanol–water partition coefficient (Wildman–Crippen LogP) is 5.56. The zero-order valence-corrected chi connectivity index (χ0v) is 14.9. The second kappa shape index (κ2) is 6.83. The van der Waals surface area contributed by atoms with Gasteiger partial charge in [-0.1, -0.05) is 31.9 Å². The van der Waals surface area contributed by atoms with Gasteiger partial charge in [-0.3, -0.25) is 0 Å². The highest BCUT2D eigenvalue weighted by molar-refractivity contribution is 9.11. The van der Waals surface area contributed by atoms with Crippen LogP contribution in [0.15, 0.2) is 45.3 Å². The van der Waals surface area contributed by atoms with Crippen LogP contribution in [0.25, 0.3) is 0 Å². The summed E-state index contributed by atoms with van der Waals surface area (Å²) in [6.45, 7) is 0. The Hall–Kier alpha value is -0.710. The topological polar surface area (TPSA) is 18.5 Å². The Balaban J connectivity index is 2.48. The number of hydrogen-bond donors (Lipinski definition) is 0. The van der Waals surface area contributed by atoms with Crippen LogP contribution in [0.1, 0.15) is 16.5 Å². The molecule has 2 rings (SSSR count). The average molecular weight is 421 g/mol. The van der Waals surface area contributed by atoms with Crippen molar-refractivity contribution in [3.8, 4) is 11.5 Å². The van der Waals surface area contributed by atoms with Crippen molar-refractivity contribution in [2.75, 3.05) is 14.2 Å². The predicted molar refractivity (Wildman–Crippen MR) is 89.1 cm³/mol. The molecule has 0 saturated carbocycles. The van der Waals surface area contributed by atoms with Gasteiger partial charge in [0.2, 0.25) is 0 Å². The Morgan fingerprint density at radius 1 is 0.950 bits per heavy atom. The van der Waals surface area contributed by atoms with Gasteiger partial charge in [-0.25, -0.2) is 0 Å². The van der Waals surface area contributed by atoms with Gasteiger partial charge in [0.15, 0.2) is 0 Å². The van der Waals surface area contributed by atoms with Crippen molar-refractivity contribution in [3.05, 3.63) is 56.5 Å². The second-order valence-electron chi connectivity index (χ2n) is 4.17. The van der Waals surface area contributed by atoms with Crippen molar-refractivity contribution in [2.45, 2.75) is 5.38 Å². The Labute approximate surface area is 140 Å². The van der Waals surface area contributed by atoms with Crippen LogP contribution >= 0.6 is 43.5 Å². The number of rotatable bonds is 4. The van der Waals surface area contributed by atoms with E-state index in [0.29, 0.717) is 0 Å². The molecule has 0 aliphatic rings. The van der Waals surface area contributed by atoms with Crippen molar-refractivity contribution in [2.24, 2.45) is 0 Å². The summed E-state index contributed by atoms with van der Waals surface area (Å²) in [7, 11) is 3.26. The lowest BCUT2D eigenvalue weighted by Crippen LogP contribution is -1.99. The average Bonchev–Trinajstić information content (AvgIpc) is 2.44. The quantitative estimate of drug-likeness (QED) is 0.603. The van der Waals surface area contributed by atoms with Crippen molar-refractivity contribution in [1.82, 2.24) is 0 Å². The molecule has 0 fully saturated rings. The third-order valence-corrected chi connectivity index (χ3v) is 4.29. The summed E-state index contributed by atoms with van der Waals surface area (Å²) < 4.78 is 12.6. The molecule has 20 heavy (non-hydrogen) atoms. The van der Waals surface area contributed by atoms with Gasteiger partial charge in [0.25, 0.3) is 0 Å². The molecule has 0 bridgehead atoms. The van der Waals surface area contributed by atoms with E-state index in [4.69, 9.17) is 21.1 Å². The highest BCUT2D eigenvalue weighted by Crippen LogP contribution is 2.38. The summed E-state index contributed by atoms with van der Waals surface area (Å²) >= 11 is 13.6. The van der Waals surface area contributed by atoms with Gasteiger partial charge < -0.3 is 9.47 Å². The van der Waals surface area contributed by atoms with Crippen molar-refractivity contribution in [1.29, 1.82) is 0 Å². The Kier molecular flexibility index (Phi) is 5.35. The van der Waals surface area contributed by atoms with E-state index in [1.165, 1.54) is 0 Å². The molecule has 0 spiro atoms. The summed E-state index contributed by atoms with van der Waals surface area (Å²) in [4.78, 5) is 0. The zero-order valence-electron chi connectivity index (χ0n) is 11.0. The van der Waals surface area contributed by atoms with Crippen LogP contribution < -0.4 is 9.47 Å². The van der Waals surface area contributed by atoms with Crippen molar-refractivity contribution in [3.63, 3.8) is 0 Å². The van der Waals surface area contributed by atoms with E-state index in [0.717, 1.165) is 31.6 Å². The van der Waals surface area contributed by atoms with Gasteiger partial charge in [0.05, 0.1) is 19.6 Å². The van der Waals surface area contributed by atoms with Crippen molar-refractivity contribution < 1.29 is 9.47 Å². The molecule has 1 atom stereocenters. The first kappa shape index (κ1) is 15.7. The van der Waals surface area contributed by atoms with Gasteiger partial charge >= 0.3 is 0 Å². The van der Waals surface area contributed by atoms with Crippen LogP contribution in [0.5, 0.6) is 11.5 Å². The maximum atomic E-state index is 6.61. The van der Waals surface area contributed by atoms with Crippen LogP contribution in [0.2, 0.25) is 0 Å². The van der Waals surface area contributed by atoms with Gasteiger partial charge in [-0.05, 0) is 42.0 Å². The number of benzene rings is 2. The number of methoxy groups -OCH3 is 2. The molecule has 0 saturated heterocycles. The summed E-state index contributed by atoms with van der Waals surface area (Å²) in [6.07, 6.45) is 0. The molecule has 0 heterocycles. The van der Waals surface area contributed by atoms with Crippen LogP contribution in [0.4, 0.5) is 0 Å². The maximum absolute atomic E-state index is 6.61. The summed E-state index contributed by atoms with van der Waals surface area (Å²) in [5.41, 5.74) is 1.85. The minimum Gasteiger partial charge on any atom is -0.497 e. The minimum atomic E-state index is -0.325. The van der Waals surface area contributed by atoms with Gasteiger partial charge in [-0.15, -0.1) is 11.6 Å². The molecule has 2 nitrogen and oxygen atoms in total. The van der Waals surface area contributed by atoms with Crippen LogP contribution in [-0.4, -0.2) is 14.2 Å². The fourth-order valence-corrected chi connectivity index (χ4v) is 3.56. The third-order valence-electron chi connectivity index (χ3n) is 2.89. The number of halogens is 3. The smallest absolute Gasteiger partial charge is 0.124 e. The number of alkyl halides is 1. The number of ether oxygens (including phenoxy) is 2. The van der Waals surface area contributed by atoms with Crippen molar-refractivity contribution >= 4 is 43.5 Å². The molecule has 1 unspecified atom stereocenters. The maximum Gasteiger partial charge on any atom is 0.124 e. The van der Waals surface area contributed by atoms with E-state index in [1.807, 2.05) is 36.4 Å². The molecule has 2 aromatic carbocycles. The normalized spacial score (nSPS) is 12.1. The van der Waals surface area contributed by atoms with Crippen LogP contribution in [0.3, 0.4) is 0 Å². The molecule has 0 aliphatic carbocycles. The Bertz CT molecular complexity index is 597. The molecule has 0 amide bonds. The second-order valence-corrected chi connectivity index (χ2v) is 6.44. The molecule has 0 aromatic heterocycles. The van der Waals surface area contributed by atoms with E-state index in [1.54, 1.807) is 14.2 Å². The van der Waals surface area contributed by atoms with E-state index in [2.05, 4.69) is 31.9 Å². The fraction of sp³-hybridized carbons (Fsp3) is 0.200. The Morgan fingerprint density at radius 2 is 1.60 bits per heavy atom. The van der Waals surface area contributed by atoms with Gasteiger partial charge in [-0.2, -0.15) is 0 Å². The van der Waals surface area contributed by atoms with E-state index in [9.17, 15) is 0 Å². The van der Waals surface area contributed by atoms with Gasteiger partial charge in [0.1, 0.15) is 11.5 Å². The molecular weight excluding hydrogens is 407 g/mol. The summed E-state index contributed by atoms with van der Waals surface area (Å²) in [6, 6.07) is 11.5. The lowest BCUT2D eigenvalue weighted by atomic mass is 10.0. The zero-order chi connectivity index (χ0) is 14.7. The van der Waals surface area contributed by atoms with Crippen LogP contribution in [0, 0.1) is 0 Å². The van der Waals surface area contributed by atoms with E-state index >= 15 is 0 Å². The molecule has 5 heteroatoms. The summed E-state index contributed by atoms with van der Waals surface area (Å²) in [5, 5.41) is -0.325. The highest BCUT2D eigenvalue weighted by atomic mass is 79.9. The van der Waals surface area contributed by atoms with E-state index < -0.39 is 0 Å². The Morgan fingerprint density at radius 3 is 2.15 bits per heavy atom. The van der Waals surface area contributed by atoms with E-state index in [-0.39, 0.29) is 5.38 Å². The number of hydrogen-bond acceptors (Lipinski definition) is 2. The summed E-state index contributed by atoms with van der Waals surface area (Å²) in [5.74, 6) is 1.49. The molecular formula is C15H13Br2ClO2. The SMILES string of the molecule is COc1ccc(OC)c(C(Cl)c2cc(Br)cc(Br)c2)c1. The largest absolute Gasteiger partial charge is 0.497 e. The monoisotopic (exact) mass is 418 g/mol. The molecule has 0 N–H and O–H groups in total. The highest BCUT2D eigenvalue weighted by Gasteiger charge is 2.17. The first-order valence-electron chi connectivity index (χ1n) is 5.87. The molecule has 0 radical (unpaired) electrons. The standard InChI is InChI=1S/C15H13Br2ClO2/c1-19-12-3-4-14(20-2)13(8-12)15(18)9-5-10(16)7-11(17)6-9/h3-8,15H,1-2H3. The minimum absolute atomic E-state index is 0.325. The molecule has 0 aliphatic heterocycles. The lowest BCUT2D eigenvalue weighted by molar-refractivity contribution is 0.399. The van der Waals surface area contributed by atoms with Gasteiger partial charge in [0, 0.05) is 14.5 Å². The first-order valence-corrected chi connectivity index (χ1v) is 7.89. The molecule has 2 aromatic rings. The van der Waals surface area contributed by atoms with Crippen LogP contribution in [-0.2, 0) is 0 Å². The third kappa shape index (κ3) is 3.48. The lowest BCUT2D eigenvalue weighted by Gasteiger charge is -2.16.